The molecule has 28 heavy (non-hydrogen) atoms. The van der Waals surface area contributed by atoms with Crippen molar-refractivity contribution in [3.05, 3.63) is 47.2 Å². The molecule has 1 amide bonds. The highest BCUT2D eigenvalue weighted by Gasteiger charge is 2.25. The first-order valence-electron chi connectivity index (χ1n) is 9.58. The van der Waals surface area contributed by atoms with E-state index in [1.165, 1.54) is 11.3 Å². The average Bonchev–Trinajstić information content (AvgIpc) is 3.08. The van der Waals surface area contributed by atoms with Gasteiger partial charge in [0.05, 0.1) is 28.6 Å². The number of nitrogens with one attached hydrogen (secondary N) is 1. The smallest absolute Gasteiger partial charge is 0.270 e. The van der Waals surface area contributed by atoms with Gasteiger partial charge in [0.15, 0.2) is 0 Å². The minimum absolute atomic E-state index is 0.236. The van der Waals surface area contributed by atoms with Crippen LogP contribution in [-0.4, -0.2) is 33.1 Å². The Labute approximate surface area is 167 Å². The van der Waals surface area contributed by atoms with E-state index in [-0.39, 0.29) is 17.6 Å². The van der Waals surface area contributed by atoms with Crippen molar-refractivity contribution in [1.82, 2.24) is 15.3 Å². The van der Waals surface area contributed by atoms with Crippen molar-refractivity contribution in [1.29, 1.82) is 0 Å². The molecule has 146 valence electrons. The summed E-state index contributed by atoms with van der Waals surface area (Å²) in [5, 5.41) is 15.2. The topological polar surface area (TPSA) is 84.3 Å². The number of aliphatic hydroxyl groups excluding tert-OH is 1. The van der Waals surface area contributed by atoms with Gasteiger partial charge in [-0.2, -0.15) is 0 Å². The van der Waals surface area contributed by atoms with Gasteiger partial charge < -0.3 is 15.2 Å². The number of fused-ring (bicyclic) bond motifs is 1. The van der Waals surface area contributed by atoms with E-state index in [0.29, 0.717) is 17.0 Å². The first-order chi connectivity index (χ1) is 13.6. The largest absolute Gasteiger partial charge is 0.454 e. The zero-order chi connectivity index (χ0) is 19.5. The minimum atomic E-state index is -0.509. The first-order valence-corrected chi connectivity index (χ1v) is 10.5. The van der Waals surface area contributed by atoms with E-state index in [0.717, 1.165) is 42.5 Å². The van der Waals surface area contributed by atoms with Crippen LogP contribution < -0.4 is 10.1 Å². The van der Waals surface area contributed by atoms with E-state index in [4.69, 9.17) is 4.74 Å². The fraction of sp³-hybridized carbons (Fsp3) is 0.381. The number of ether oxygens (including phenoxy) is 1. The normalized spacial score (nSPS) is 19.9. The number of nitrogens with zero attached hydrogens (tertiary/aromatic N) is 2. The standard InChI is InChI=1S/C21H23N3O3S/c1-13-7-8-14(12-22-13)27-19-11-17(23-16-9-10-28-20(16)19)21(26)24-15-5-3-2-4-6-18(15)25/h7-12,15,18,25H,2-6H2,1H3,(H,24,26)/t15-,18-/m0/s1. The summed E-state index contributed by atoms with van der Waals surface area (Å²) in [6.45, 7) is 1.91. The number of carbonyl (C=O) groups excluding carboxylic acids is 1. The Kier molecular flexibility index (Phi) is 5.54. The lowest BCUT2D eigenvalue weighted by atomic mass is 10.1. The third-order valence-electron chi connectivity index (χ3n) is 5.02. The van der Waals surface area contributed by atoms with Crippen LogP contribution in [0.2, 0.25) is 0 Å². The number of hydrogen-bond donors (Lipinski definition) is 2. The number of aliphatic hydroxyl groups is 1. The summed E-state index contributed by atoms with van der Waals surface area (Å²) in [4.78, 5) is 21.6. The van der Waals surface area contributed by atoms with Crippen LogP contribution in [0.3, 0.4) is 0 Å². The molecule has 1 saturated carbocycles. The molecule has 0 spiro atoms. The van der Waals surface area contributed by atoms with E-state index in [2.05, 4.69) is 15.3 Å². The third-order valence-corrected chi connectivity index (χ3v) is 5.94. The molecular weight excluding hydrogens is 374 g/mol. The molecule has 6 nitrogen and oxygen atoms in total. The van der Waals surface area contributed by atoms with Crippen LogP contribution in [0.25, 0.3) is 10.2 Å². The molecule has 4 rings (SSSR count). The summed E-state index contributed by atoms with van der Waals surface area (Å²) < 4.78 is 6.89. The lowest BCUT2D eigenvalue weighted by Gasteiger charge is -2.21. The molecule has 2 N–H and O–H groups in total. The molecule has 2 atom stereocenters. The van der Waals surface area contributed by atoms with Crippen LogP contribution in [0.15, 0.2) is 35.8 Å². The van der Waals surface area contributed by atoms with E-state index in [1.54, 1.807) is 12.3 Å². The van der Waals surface area contributed by atoms with Gasteiger partial charge in [-0.25, -0.2) is 4.98 Å². The van der Waals surface area contributed by atoms with Crippen molar-refractivity contribution in [2.45, 2.75) is 51.2 Å². The summed E-state index contributed by atoms with van der Waals surface area (Å²) in [6, 6.07) is 7.03. The van der Waals surface area contributed by atoms with E-state index in [9.17, 15) is 9.90 Å². The third kappa shape index (κ3) is 4.15. The highest BCUT2D eigenvalue weighted by Crippen LogP contribution is 2.33. The molecule has 1 aliphatic rings. The van der Waals surface area contributed by atoms with Gasteiger partial charge >= 0.3 is 0 Å². The lowest BCUT2D eigenvalue weighted by Crippen LogP contribution is -2.42. The SMILES string of the molecule is Cc1ccc(Oc2cc(C(=O)N[C@H]3CCCCC[C@@H]3O)nc3ccsc23)cn1. The molecular formula is C21H23N3O3S. The van der Waals surface area contributed by atoms with Crippen LogP contribution in [0.5, 0.6) is 11.5 Å². The molecule has 3 aromatic rings. The zero-order valence-corrected chi connectivity index (χ0v) is 16.5. The quantitative estimate of drug-likeness (QED) is 0.644. The van der Waals surface area contributed by atoms with Gasteiger partial charge in [0.1, 0.15) is 17.2 Å². The Morgan fingerprint density at radius 1 is 1.25 bits per heavy atom. The number of aromatic nitrogens is 2. The summed E-state index contributed by atoms with van der Waals surface area (Å²) in [5.74, 6) is 0.903. The van der Waals surface area contributed by atoms with Crippen molar-refractivity contribution >= 4 is 27.5 Å². The van der Waals surface area contributed by atoms with Crippen LogP contribution in [-0.2, 0) is 0 Å². The molecule has 3 heterocycles. The van der Waals surface area contributed by atoms with Gasteiger partial charge in [0.25, 0.3) is 5.91 Å². The maximum absolute atomic E-state index is 12.8. The number of thiophene rings is 1. The van der Waals surface area contributed by atoms with Gasteiger partial charge in [-0.05, 0) is 43.3 Å². The molecule has 0 unspecified atom stereocenters. The van der Waals surface area contributed by atoms with Crippen LogP contribution in [0, 0.1) is 6.92 Å². The van der Waals surface area contributed by atoms with E-state index < -0.39 is 6.10 Å². The van der Waals surface area contributed by atoms with E-state index >= 15 is 0 Å². The Morgan fingerprint density at radius 2 is 2.11 bits per heavy atom. The van der Waals surface area contributed by atoms with Crippen molar-refractivity contribution in [2.24, 2.45) is 0 Å². The van der Waals surface area contributed by atoms with Crippen molar-refractivity contribution < 1.29 is 14.6 Å². The molecule has 7 heteroatoms. The van der Waals surface area contributed by atoms with Gasteiger partial charge in [-0.15, -0.1) is 11.3 Å². The van der Waals surface area contributed by atoms with Crippen molar-refractivity contribution in [3.63, 3.8) is 0 Å². The molecule has 1 fully saturated rings. The Morgan fingerprint density at radius 3 is 2.93 bits per heavy atom. The molecule has 0 radical (unpaired) electrons. The summed E-state index contributed by atoms with van der Waals surface area (Å²) >= 11 is 1.52. The second-order valence-corrected chi connectivity index (χ2v) is 8.08. The predicted octanol–water partition coefficient (Wildman–Crippen LogP) is 4.22. The van der Waals surface area contributed by atoms with Gasteiger partial charge in [0, 0.05) is 11.8 Å². The van der Waals surface area contributed by atoms with Crippen LogP contribution in [0.1, 0.15) is 48.3 Å². The second kappa shape index (κ2) is 8.24. The number of pyridine rings is 2. The molecule has 0 saturated heterocycles. The first kappa shape index (κ1) is 18.8. The van der Waals surface area contributed by atoms with Gasteiger partial charge in [0.2, 0.25) is 0 Å². The molecule has 1 aliphatic carbocycles. The Hall–Kier alpha value is -2.51. The minimum Gasteiger partial charge on any atom is -0.454 e. The number of amides is 1. The average molecular weight is 398 g/mol. The molecule has 0 bridgehead atoms. The van der Waals surface area contributed by atoms with Gasteiger partial charge in [-0.3, -0.25) is 9.78 Å². The van der Waals surface area contributed by atoms with Gasteiger partial charge in [-0.1, -0.05) is 19.3 Å². The van der Waals surface area contributed by atoms with E-state index in [1.807, 2.05) is 30.5 Å². The molecule has 0 aromatic carbocycles. The summed E-state index contributed by atoms with van der Waals surface area (Å²) in [7, 11) is 0. The van der Waals surface area contributed by atoms with Crippen LogP contribution in [0.4, 0.5) is 0 Å². The number of aryl methyl sites for hydroxylation is 1. The fourth-order valence-electron chi connectivity index (χ4n) is 3.46. The van der Waals surface area contributed by atoms with Crippen molar-refractivity contribution in [2.75, 3.05) is 0 Å². The predicted molar refractivity (Wildman–Crippen MR) is 109 cm³/mol. The second-order valence-electron chi connectivity index (χ2n) is 7.16. The highest BCUT2D eigenvalue weighted by molar-refractivity contribution is 7.17. The van der Waals surface area contributed by atoms with Crippen LogP contribution >= 0.6 is 11.3 Å². The number of hydrogen-bond acceptors (Lipinski definition) is 6. The fourth-order valence-corrected chi connectivity index (χ4v) is 4.24. The number of rotatable bonds is 4. The zero-order valence-electron chi connectivity index (χ0n) is 15.7. The Balaban J connectivity index is 1.60. The molecule has 3 aromatic heterocycles. The monoisotopic (exact) mass is 397 g/mol. The lowest BCUT2D eigenvalue weighted by molar-refractivity contribution is 0.0814. The summed E-state index contributed by atoms with van der Waals surface area (Å²) in [5.41, 5.74) is 1.91. The number of carbonyl (C=O) groups is 1. The Bertz CT molecular complexity index is 971. The maximum Gasteiger partial charge on any atom is 0.270 e. The molecule has 0 aliphatic heterocycles. The van der Waals surface area contributed by atoms with Crippen molar-refractivity contribution in [3.8, 4) is 11.5 Å². The summed E-state index contributed by atoms with van der Waals surface area (Å²) in [6.07, 6.45) is 5.75. The highest BCUT2D eigenvalue weighted by atomic mass is 32.1. The maximum atomic E-state index is 12.8.